The first kappa shape index (κ1) is 16.3. The number of benzene rings is 1. The highest BCUT2D eigenvalue weighted by Gasteiger charge is 2.30. The van der Waals surface area contributed by atoms with Crippen molar-refractivity contribution in [2.24, 2.45) is 10.2 Å². The first-order valence-corrected chi connectivity index (χ1v) is 7.57. The van der Waals surface area contributed by atoms with Crippen molar-refractivity contribution in [1.82, 2.24) is 9.63 Å². The summed E-state index contributed by atoms with van der Waals surface area (Å²) in [6.07, 6.45) is 2.88. The van der Waals surface area contributed by atoms with E-state index in [0.717, 1.165) is 11.3 Å². The fourth-order valence-electron chi connectivity index (χ4n) is 2.98. The van der Waals surface area contributed by atoms with Crippen molar-refractivity contribution in [2.45, 2.75) is 12.7 Å². The van der Waals surface area contributed by atoms with Crippen LogP contribution in [0.3, 0.4) is 0 Å². The van der Waals surface area contributed by atoms with Crippen LogP contribution in [0, 0.1) is 0 Å². The summed E-state index contributed by atoms with van der Waals surface area (Å²) >= 11 is 0. The molecule has 6 nitrogen and oxygen atoms in total. The van der Waals surface area contributed by atoms with Crippen molar-refractivity contribution < 1.29 is 18.4 Å². The third-order valence-electron chi connectivity index (χ3n) is 4.09. The molecule has 1 N–H and O–H groups in total. The predicted molar refractivity (Wildman–Crippen MR) is 87.8 cm³/mol. The number of azo groups is 1. The van der Waals surface area contributed by atoms with E-state index in [1.54, 1.807) is 30.4 Å². The summed E-state index contributed by atoms with van der Waals surface area (Å²) in [5.74, 6) is 0. The van der Waals surface area contributed by atoms with E-state index >= 15 is 0 Å². The van der Waals surface area contributed by atoms with Gasteiger partial charge in [-0.1, -0.05) is 12.1 Å². The van der Waals surface area contributed by atoms with Gasteiger partial charge in [0.15, 0.2) is 0 Å². The maximum absolute atomic E-state index is 13.0. The van der Waals surface area contributed by atoms with Crippen molar-refractivity contribution >= 4 is 28.5 Å². The van der Waals surface area contributed by atoms with Crippen LogP contribution < -0.4 is 16.0 Å². The average Bonchev–Trinajstić information content (AvgIpc) is 3.08. The van der Waals surface area contributed by atoms with Gasteiger partial charge in [0.1, 0.15) is 12.2 Å². The lowest BCUT2D eigenvalue weighted by Gasteiger charge is -2.17. The van der Waals surface area contributed by atoms with E-state index in [0.29, 0.717) is 20.9 Å². The second kappa shape index (κ2) is 5.67. The molecule has 0 spiro atoms. The Labute approximate surface area is 143 Å². The minimum Gasteiger partial charge on any atom is -0.298 e. The number of hydrogen-bond acceptors (Lipinski definition) is 5. The first-order valence-electron chi connectivity index (χ1n) is 7.57. The molecule has 4 rings (SSSR count). The number of allylic oxidation sites excluding steroid dienone is 2. The topological polar surface area (TPSA) is 70.2 Å². The number of hydrogen-bond donors (Lipinski definition) is 1. The average molecular weight is 360 g/mol. The van der Waals surface area contributed by atoms with Gasteiger partial charge < -0.3 is 0 Å². The smallest absolute Gasteiger partial charge is 0.298 e. The highest BCUT2D eigenvalue weighted by Crippen LogP contribution is 2.25. The number of fused-ring (bicyclic) bond motifs is 3. The SMILES string of the molecule is O=c1c2c(c3ccc(=C4C=CC=CN4O)cc3n1CC(F)(F)F)N=NC=2. The zero-order valence-corrected chi connectivity index (χ0v) is 13.1. The zero-order valence-electron chi connectivity index (χ0n) is 13.1. The Hall–Kier alpha value is -3.20. The quantitative estimate of drug-likeness (QED) is 0.848. The Bertz CT molecular complexity index is 1190. The molecule has 1 aromatic heterocycles. The van der Waals surface area contributed by atoms with Crippen molar-refractivity contribution in [1.29, 1.82) is 0 Å². The molecular weight excluding hydrogens is 349 g/mol. The highest BCUT2D eigenvalue weighted by molar-refractivity contribution is 5.91. The predicted octanol–water partition coefficient (Wildman–Crippen LogP) is 2.28. The normalized spacial score (nSPS) is 17.8. The van der Waals surface area contributed by atoms with Gasteiger partial charge in [-0.25, -0.2) is 5.06 Å². The monoisotopic (exact) mass is 360 g/mol. The standard InChI is InChI=1S/C17H11F3N4O2/c18-17(19,20)9-23-14-7-10(13-3-1-2-6-24(13)26)4-5-11(14)15-12(16(23)25)8-21-22-15/h1-8,26H,9H2. The maximum Gasteiger partial charge on any atom is 0.406 e. The van der Waals surface area contributed by atoms with Gasteiger partial charge in [-0.05, 0) is 24.3 Å². The first-order chi connectivity index (χ1) is 12.3. The van der Waals surface area contributed by atoms with Crippen LogP contribution in [0.5, 0.6) is 0 Å². The summed E-state index contributed by atoms with van der Waals surface area (Å²) < 4.78 is 39.7. The molecule has 0 saturated heterocycles. The zero-order chi connectivity index (χ0) is 18.5. The van der Waals surface area contributed by atoms with Crippen LogP contribution in [-0.4, -0.2) is 21.0 Å². The summed E-state index contributed by atoms with van der Waals surface area (Å²) in [4.78, 5) is 12.5. The number of rotatable bonds is 1. The lowest BCUT2D eigenvalue weighted by Crippen LogP contribution is -2.38. The Kier molecular flexibility index (Phi) is 3.55. The van der Waals surface area contributed by atoms with Gasteiger partial charge in [-0.15, -0.1) is 5.11 Å². The van der Waals surface area contributed by atoms with Crippen molar-refractivity contribution in [3.8, 4) is 0 Å². The van der Waals surface area contributed by atoms with E-state index in [1.807, 2.05) is 0 Å². The van der Waals surface area contributed by atoms with Crippen LogP contribution in [0.1, 0.15) is 0 Å². The third-order valence-corrected chi connectivity index (χ3v) is 4.09. The van der Waals surface area contributed by atoms with Crippen LogP contribution >= 0.6 is 0 Å². The summed E-state index contributed by atoms with van der Waals surface area (Å²) in [5.41, 5.74) is -0.118. The molecule has 0 atom stereocenters. The number of alkyl halides is 3. The number of aromatic nitrogens is 1. The van der Waals surface area contributed by atoms with Gasteiger partial charge in [0.05, 0.1) is 22.6 Å². The summed E-state index contributed by atoms with van der Waals surface area (Å²) in [5, 5.41) is 19.2. The van der Waals surface area contributed by atoms with Crippen LogP contribution in [0.25, 0.3) is 22.8 Å². The minimum absolute atomic E-state index is 0.0337. The molecule has 2 aliphatic rings. The maximum atomic E-state index is 13.0. The third kappa shape index (κ3) is 2.62. The largest absolute Gasteiger partial charge is 0.406 e. The van der Waals surface area contributed by atoms with E-state index in [9.17, 15) is 23.2 Å². The number of pyridine rings is 1. The number of hydroxylamine groups is 2. The van der Waals surface area contributed by atoms with Crippen molar-refractivity contribution in [3.63, 3.8) is 0 Å². The van der Waals surface area contributed by atoms with Gasteiger partial charge in [0.2, 0.25) is 0 Å². The molecule has 1 aromatic carbocycles. The Morgan fingerprint density at radius 1 is 1.19 bits per heavy atom. The van der Waals surface area contributed by atoms with E-state index in [4.69, 9.17) is 0 Å². The summed E-state index contributed by atoms with van der Waals surface area (Å²) in [6.45, 7) is -1.43. The lowest BCUT2D eigenvalue weighted by atomic mass is 10.1. The molecule has 0 aliphatic carbocycles. The van der Waals surface area contributed by atoms with Gasteiger partial charge in [-0.3, -0.25) is 14.6 Å². The van der Waals surface area contributed by atoms with Crippen LogP contribution in [0.4, 0.5) is 18.9 Å². The summed E-state index contributed by atoms with van der Waals surface area (Å²) in [7, 11) is 0. The van der Waals surface area contributed by atoms with Gasteiger partial charge >= 0.3 is 6.18 Å². The lowest BCUT2D eigenvalue weighted by molar-refractivity contribution is -0.140. The molecule has 2 aromatic rings. The molecular formula is C17H11F3N4O2. The number of halogens is 3. The Morgan fingerprint density at radius 2 is 2.00 bits per heavy atom. The van der Waals surface area contributed by atoms with Crippen molar-refractivity contribution in [2.75, 3.05) is 0 Å². The van der Waals surface area contributed by atoms with Crippen LogP contribution in [-0.2, 0) is 6.54 Å². The molecule has 26 heavy (non-hydrogen) atoms. The van der Waals surface area contributed by atoms with E-state index in [2.05, 4.69) is 10.2 Å². The molecule has 0 bridgehead atoms. The fraction of sp³-hybridized carbons (Fsp3) is 0.118. The van der Waals surface area contributed by atoms with Gasteiger partial charge in [-0.2, -0.15) is 18.3 Å². The second-order valence-electron chi connectivity index (χ2n) is 5.78. The van der Waals surface area contributed by atoms with Gasteiger partial charge in [0.25, 0.3) is 5.56 Å². The second-order valence-corrected chi connectivity index (χ2v) is 5.78. The molecule has 0 unspecified atom stereocenters. The summed E-state index contributed by atoms with van der Waals surface area (Å²) in [6, 6.07) is 4.64. The van der Waals surface area contributed by atoms with Crippen molar-refractivity contribution in [3.05, 3.63) is 63.4 Å². The fourth-order valence-corrected chi connectivity index (χ4v) is 2.98. The molecule has 9 heteroatoms. The van der Waals surface area contributed by atoms with Crippen LogP contribution in [0.15, 0.2) is 57.7 Å². The number of nitrogens with zero attached hydrogens (tertiary/aromatic N) is 4. The molecule has 3 heterocycles. The molecule has 0 amide bonds. The Morgan fingerprint density at radius 3 is 2.73 bits per heavy atom. The molecule has 2 aliphatic heterocycles. The van der Waals surface area contributed by atoms with E-state index in [1.165, 1.54) is 12.3 Å². The molecule has 132 valence electrons. The van der Waals surface area contributed by atoms with E-state index < -0.39 is 18.3 Å². The molecule has 0 fully saturated rings. The van der Waals surface area contributed by atoms with Gasteiger partial charge in [0, 0.05) is 16.8 Å². The minimum atomic E-state index is -4.57. The molecule has 0 saturated carbocycles. The Balaban J connectivity index is 2.10. The van der Waals surface area contributed by atoms with Crippen LogP contribution in [0.2, 0.25) is 0 Å². The van der Waals surface area contributed by atoms with E-state index in [-0.39, 0.29) is 16.4 Å². The molecule has 0 radical (unpaired) electrons. The highest BCUT2D eigenvalue weighted by atomic mass is 19.4.